The van der Waals surface area contributed by atoms with Gasteiger partial charge in [0.15, 0.2) is 0 Å². The first-order valence-electron chi connectivity index (χ1n) is 6.14. The van der Waals surface area contributed by atoms with Gasteiger partial charge in [0, 0.05) is 18.2 Å². The van der Waals surface area contributed by atoms with E-state index in [1.165, 1.54) is 0 Å². The Bertz CT molecular complexity index is 550. The molecule has 1 aromatic heterocycles. The van der Waals surface area contributed by atoms with E-state index in [2.05, 4.69) is 10.3 Å². The first-order chi connectivity index (χ1) is 8.86. The number of methoxy groups -OCH3 is 1. The lowest BCUT2D eigenvalue weighted by molar-refractivity contribution is 0.195. The molecule has 18 heavy (non-hydrogen) atoms. The molecule has 1 atom stereocenters. The summed E-state index contributed by atoms with van der Waals surface area (Å²) in [5.74, 6) is 1.79. The van der Waals surface area contributed by atoms with E-state index in [0.717, 1.165) is 42.0 Å². The van der Waals surface area contributed by atoms with E-state index in [0.29, 0.717) is 6.04 Å². The van der Waals surface area contributed by atoms with Crippen molar-refractivity contribution >= 4 is 16.6 Å². The van der Waals surface area contributed by atoms with Crippen molar-refractivity contribution in [1.29, 1.82) is 0 Å². The largest absolute Gasteiger partial charge is 0.497 e. The van der Waals surface area contributed by atoms with Crippen molar-refractivity contribution in [3.05, 3.63) is 30.5 Å². The van der Waals surface area contributed by atoms with Crippen LogP contribution in [-0.2, 0) is 4.74 Å². The molecule has 1 aliphatic heterocycles. The molecule has 1 N–H and O–H groups in total. The molecule has 4 heteroatoms. The predicted octanol–water partition coefficient (Wildman–Crippen LogP) is 2.44. The van der Waals surface area contributed by atoms with Gasteiger partial charge in [0.05, 0.1) is 19.8 Å². The fourth-order valence-electron chi connectivity index (χ4n) is 2.24. The van der Waals surface area contributed by atoms with Gasteiger partial charge >= 0.3 is 0 Å². The Labute approximate surface area is 106 Å². The molecular weight excluding hydrogens is 228 g/mol. The quantitative estimate of drug-likeness (QED) is 0.900. The molecule has 1 aliphatic rings. The van der Waals surface area contributed by atoms with Gasteiger partial charge in [-0.15, -0.1) is 0 Å². The number of anilines is 1. The van der Waals surface area contributed by atoms with Crippen LogP contribution in [0.2, 0.25) is 0 Å². The van der Waals surface area contributed by atoms with Crippen LogP contribution in [0, 0.1) is 0 Å². The molecule has 1 saturated heterocycles. The second kappa shape index (κ2) is 4.82. The average molecular weight is 244 g/mol. The lowest BCUT2D eigenvalue weighted by atomic mass is 10.1. The molecule has 3 rings (SSSR count). The molecule has 1 fully saturated rings. The summed E-state index contributed by atoms with van der Waals surface area (Å²) >= 11 is 0. The number of rotatable bonds is 3. The van der Waals surface area contributed by atoms with Crippen molar-refractivity contribution < 1.29 is 9.47 Å². The normalized spacial score (nSPS) is 19.1. The SMILES string of the molecule is COc1ccc2c(NC3CCOC3)nccc2c1. The molecule has 4 nitrogen and oxygen atoms in total. The van der Waals surface area contributed by atoms with Crippen LogP contribution in [0.15, 0.2) is 30.5 Å². The average Bonchev–Trinajstić information content (AvgIpc) is 2.91. The van der Waals surface area contributed by atoms with Crippen LogP contribution < -0.4 is 10.1 Å². The van der Waals surface area contributed by atoms with Crippen LogP contribution in [0.5, 0.6) is 5.75 Å². The van der Waals surface area contributed by atoms with Crippen LogP contribution in [0.25, 0.3) is 10.8 Å². The summed E-state index contributed by atoms with van der Waals surface area (Å²) in [4.78, 5) is 4.42. The molecule has 2 heterocycles. The zero-order valence-electron chi connectivity index (χ0n) is 10.3. The molecule has 94 valence electrons. The number of hydrogen-bond donors (Lipinski definition) is 1. The van der Waals surface area contributed by atoms with E-state index in [9.17, 15) is 0 Å². The molecule has 0 radical (unpaired) electrons. The fourth-order valence-corrected chi connectivity index (χ4v) is 2.24. The Morgan fingerprint density at radius 3 is 3.11 bits per heavy atom. The van der Waals surface area contributed by atoms with E-state index >= 15 is 0 Å². The maximum absolute atomic E-state index is 5.37. The minimum Gasteiger partial charge on any atom is -0.497 e. The van der Waals surface area contributed by atoms with E-state index in [1.54, 1.807) is 7.11 Å². The maximum atomic E-state index is 5.37. The van der Waals surface area contributed by atoms with E-state index in [1.807, 2.05) is 30.5 Å². The predicted molar refractivity (Wildman–Crippen MR) is 71.1 cm³/mol. The second-order valence-corrected chi connectivity index (χ2v) is 4.45. The highest BCUT2D eigenvalue weighted by molar-refractivity contribution is 5.92. The van der Waals surface area contributed by atoms with Crippen molar-refractivity contribution in [3.8, 4) is 5.75 Å². The Morgan fingerprint density at radius 1 is 1.39 bits per heavy atom. The Hall–Kier alpha value is -1.81. The van der Waals surface area contributed by atoms with Gasteiger partial charge in [-0.3, -0.25) is 0 Å². The number of nitrogens with zero attached hydrogens (tertiary/aromatic N) is 1. The minimum absolute atomic E-state index is 0.366. The van der Waals surface area contributed by atoms with Crippen LogP contribution >= 0.6 is 0 Å². The standard InChI is InChI=1S/C14H16N2O2/c1-17-12-2-3-13-10(8-12)4-6-15-14(13)16-11-5-7-18-9-11/h2-4,6,8,11H,5,7,9H2,1H3,(H,15,16). The first-order valence-corrected chi connectivity index (χ1v) is 6.14. The molecule has 0 bridgehead atoms. The highest BCUT2D eigenvalue weighted by Gasteiger charge is 2.16. The van der Waals surface area contributed by atoms with E-state index < -0.39 is 0 Å². The van der Waals surface area contributed by atoms with E-state index in [-0.39, 0.29) is 0 Å². The van der Waals surface area contributed by atoms with Crippen LogP contribution in [0.4, 0.5) is 5.82 Å². The van der Waals surface area contributed by atoms with Gasteiger partial charge in [0.2, 0.25) is 0 Å². The molecule has 1 unspecified atom stereocenters. The van der Waals surface area contributed by atoms with Crippen molar-refractivity contribution in [1.82, 2.24) is 4.98 Å². The van der Waals surface area contributed by atoms with Crippen molar-refractivity contribution in [3.63, 3.8) is 0 Å². The molecule has 0 spiro atoms. The zero-order chi connectivity index (χ0) is 12.4. The lowest BCUT2D eigenvalue weighted by Gasteiger charge is -2.13. The summed E-state index contributed by atoms with van der Waals surface area (Å²) < 4.78 is 10.6. The number of pyridine rings is 1. The van der Waals surface area contributed by atoms with Gasteiger partial charge in [0.1, 0.15) is 11.6 Å². The van der Waals surface area contributed by atoms with Gasteiger partial charge in [-0.25, -0.2) is 4.98 Å². The third-order valence-corrected chi connectivity index (χ3v) is 3.24. The minimum atomic E-state index is 0.366. The summed E-state index contributed by atoms with van der Waals surface area (Å²) in [6.45, 7) is 1.59. The first kappa shape index (κ1) is 11.3. The van der Waals surface area contributed by atoms with Gasteiger partial charge in [0.25, 0.3) is 0 Å². The van der Waals surface area contributed by atoms with Gasteiger partial charge < -0.3 is 14.8 Å². The Balaban J connectivity index is 1.95. The monoisotopic (exact) mass is 244 g/mol. The van der Waals surface area contributed by atoms with Crippen LogP contribution in [0.3, 0.4) is 0 Å². The van der Waals surface area contributed by atoms with Gasteiger partial charge in [-0.2, -0.15) is 0 Å². The summed E-state index contributed by atoms with van der Waals surface area (Å²) in [6.07, 6.45) is 2.86. The van der Waals surface area contributed by atoms with Crippen LogP contribution in [0.1, 0.15) is 6.42 Å². The number of ether oxygens (including phenoxy) is 2. The van der Waals surface area contributed by atoms with Crippen molar-refractivity contribution in [2.75, 3.05) is 25.6 Å². The Kier molecular flexibility index (Phi) is 3.02. The second-order valence-electron chi connectivity index (χ2n) is 4.45. The topological polar surface area (TPSA) is 43.4 Å². The highest BCUT2D eigenvalue weighted by Crippen LogP contribution is 2.26. The van der Waals surface area contributed by atoms with Crippen molar-refractivity contribution in [2.45, 2.75) is 12.5 Å². The van der Waals surface area contributed by atoms with Gasteiger partial charge in [-0.1, -0.05) is 0 Å². The number of nitrogens with one attached hydrogen (secondary N) is 1. The molecule has 1 aromatic carbocycles. The van der Waals surface area contributed by atoms with Gasteiger partial charge in [-0.05, 0) is 36.1 Å². The van der Waals surface area contributed by atoms with Crippen LogP contribution in [-0.4, -0.2) is 31.3 Å². The third-order valence-electron chi connectivity index (χ3n) is 3.24. The maximum Gasteiger partial charge on any atom is 0.134 e. The molecule has 0 aliphatic carbocycles. The molecular formula is C14H16N2O2. The number of fused-ring (bicyclic) bond motifs is 1. The number of benzene rings is 1. The number of hydrogen-bond acceptors (Lipinski definition) is 4. The zero-order valence-corrected chi connectivity index (χ0v) is 10.3. The molecule has 0 saturated carbocycles. The van der Waals surface area contributed by atoms with Crippen molar-refractivity contribution in [2.24, 2.45) is 0 Å². The fraction of sp³-hybridized carbons (Fsp3) is 0.357. The summed E-state index contributed by atoms with van der Waals surface area (Å²) in [5.41, 5.74) is 0. The molecule has 0 amide bonds. The highest BCUT2D eigenvalue weighted by atomic mass is 16.5. The third kappa shape index (κ3) is 2.11. The Morgan fingerprint density at radius 2 is 2.33 bits per heavy atom. The lowest BCUT2D eigenvalue weighted by Crippen LogP contribution is -2.19. The van der Waals surface area contributed by atoms with E-state index in [4.69, 9.17) is 9.47 Å². The molecule has 2 aromatic rings. The number of aromatic nitrogens is 1. The summed E-state index contributed by atoms with van der Waals surface area (Å²) in [5, 5.41) is 5.69. The smallest absolute Gasteiger partial charge is 0.134 e. The summed E-state index contributed by atoms with van der Waals surface area (Å²) in [6, 6.07) is 8.38. The summed E-state index contributed by atoms with van der Waals surface area (Å²) in [7, 11) is 1.68.